The zero-order valence-electron chi connectivity index (χ0n) is 20.7. The highest BCUT2D eigenvalue weighted by molar-refractivity contribution is 5.89. The average molecular weight is 465 g/mol. The van der Waals surface area contributed by atoms with Gasteiger partial charge in [-0.05, 0) is 77.9 Å². The van der Waals surface area contributed by atoms with Gasteiger partial charge in [-0.3, -0.25) is 0 Å². The van der Waals surface area contributed by atoms with Crippen molar-refractivity contribution in [3.8, 4) is 23.7 Å². The molecule has 0 amide bonds. The third-order valence-corrected chi connectivity index (χ3v) is 6.37. The van der Waals surface area contributed by atoms with Crippen molar-refractivity contribution in [3.63, 3.8) is 0 Å². The van der Waals surface area contributed by atoms with Gasteiger partial charge in [0.2, 0.25) is 0 Å². The van der Waals surface area contributed by atoms with Gasteiger partial charge in [-0.1, -0.05) is 78.6 Å². The summed E-state index contributed by atoms with van der Waals surface area (Å²) in [7, 11) is 0. The molecule has 0 heterocycles. The van der Waals surface area contributed by atoms with Crippen LogP contribution >= 0.6 is 0 Å². The fourth-order valence-electron chi connectivity index (χ4n) is 4.50. The predicted molar refractivity (Wildman–Crippen MR) is 155 cm³/mol. The summed E-state index contributed by atoms with van der Waals surface area (Å²) in [5, 5.41) is 4.91. The van der Waals surface area contributed by atoms with Crippen LogP contribution in [-0.4, -0.2) is 13.1 Å². The Morgan fingerprint density at radius 2 is 0.861 bits per heavy atom. The Kier molecular flexibility index (Phi) is 6.88. The molecule has 0 N–H and O–H groups in total. The number of nitrogens with zero attached hydrogens (tertiary/aromatic N) is 2. The summed E-state index contributed by atoms with van der Waals surface area (Å²) in [5.41, 5.74) is 4.44. The SMILES string of the molecule is CC#CCN(c1cccc(N(CC#CC)c2ccc3ccccc3c2)c1)c1ccc2ccccc2c1. The lowest BCUT2D eigenvalue weighted by molar-refractivity contribution is 1.10. The van der Waals surface area contributed by atoms with E-state index in [9.17, 15) is 0 Å². The van der Waals surface area contributed by atoms with Crippen LogP contribution in [0.25, 0.3) is 21.5 Å². The molecule has 0 aliphatic rings. The van der Waals surface area contributed by atoms with E-state index in [1.807, 2.05) is 13.8 Å². The molecular weight excluding hydrogens is 436 g/mol. The standard InChI is InChI=1S/C34H28N2/c1-3-5-22-35(33-20-18-27-12-7-9-14-29(27)24-33)31-16-11-17-32(26-31)36(23-6-4-2)34-21-19-28-13-8-10-15-30(28)25-34/h7-21,24-26H,22-23H2,1-2H3. The van der Waals surface area contributed by atoms with Crippen LogP contribution in [0, 0.1) is 23.7 Å². The van der Waals surface area contributed by atoms with Gasteiger partial charge in [-0.2, -0.15) is 0 Å². The molecule has 5 aromatic rings. The van der Waals surface area contributed by atoms with Crippen molar-refractivity contribution in [2.75, 3.05) is 22.9 Å². The van der Waals surface area contributed by atoms with E-state index in [1.54, 1.807) is 0 Å². The normalized spacial score (nSPS) is 10.3. The first-order chi connectivity index (χ1) is 17.8. The Morgan fingerprint density at radius 1 is 0.444 bits per heavy atom. The predicted octanol–water partition coefficient (Wildman–Crippen LogP) is 8.32. The van der Waals surface area contributed by atoms with Crippen LogP contribution in [0.15, 0.2) is 109 Å². The Labute approximate surface area is 213 Å². The maximum absolute atomic E-state index is 3.27. The van der Waals surface area contributed by atoms with Gasteiger partial charge >= 0.3 is 0 Å². The van der Waals surface area contributed by atoms with E-state index in [1.165, 1.54) is 21.5 Å². The Morgan fingerprint density at radius 3 is 1.31 bits per heavy atom. The zero-order chi connectivity index (χ0) is 24.7. The molecule has 2 heteroatoms. The van der Waals surface area contributed by atoms with Gasteiger partial charge in [0, 0.05) is 22.7 Å². The smallest absolute Gasteiger partial charge is 0.0843 e. The summed E-state index contributed by atoms with van der Waals surface area (Å²) in [4.78, 5) is 4.55. The third kappa shape index (κ3) is 4.90. The molecule has 174 valence electrons. The van der Waals surface area contributed by atoms with Crippen LogP contribution in [-0.2, 0) is 0 Å². The van der Waals surface area contributed by atoms with Gasteiger partial charge in [0.15, 0.2) is 0 Å². The Balaban J connectivity index is 1.58. The van der Waals surface area contributed by atoms with Gasteiger partial charge in [0.1, 0.15) is 0 Å². The van der Waals surface area contributed by atoms with Crippen molar-refractivity contribution in [2.24, 2.45) is 0 Å². The minimum Gasteiger partial charge on any atom is -0.330 e. The average Bonchev–Trinajstić information content (AvgIpc) is 2.93. The van der Waals surface area contributed by atoms with Crippen LogP contribution in [0.3, 0.4) is 0 Å². The topological polar surface area (TPSA) is 6.48 Å². The quantitative estimate of drug-likeness (QED) is 0.233. The number of anilines is 4. The van der Waals surface area contributed by atoms with Gasteiger partial charge in [-0.15, -0.1) is 11.8 Å². The Bertz CT molecular complexity index is 1520. The van der Waals surface area contributed by atoms with Crippen LogP contribution in [0.2, 0.25) is 0 Å². The maximum Gasteiger partial charge on any atom is 0.0843 e. The van der Waals surface area contributed by atoms with Crippen LogP contribution < -0.4 is 9.80 Å². The summed E-state index contributed by atoms with van der Waals surface area (Å²) in [6.07, 6.45) is 0. The van der Waals surface area contributed by atoms with E-state index in [-0.39, 0.29) is 0 Å². The van der Waals surface area contributed by atoms with E-state index in [0.717, 1.165) is 22.7 Å². The molecular formula is C34H28N2. The molecule has 0 saturated heterocycles. The molecule has 0 saturated carbocycles. The number of benzene rings is 5. The van der Waals surface area contributed by atoms with E-state index < -0.39 is 0 Å². The molecule has 0 bridgehead atoms. The monoisotopic (exact) mass is 464 g/mol. The summed E-state index contributed by atoms with van der Waals surface area (Å²) in [6, 6.07) is 38.8. The fourth-order valence-corrected chi connectivity index (χ4v) is 4.50. The highest BCUT2D eigenvalue weighted by atomic mass is 15.2. The molecule has 0 aromatic heterocycles. The van der Waals surface area contributed by atoms with Crippen molar-refractivity contribution in [1.29, 1.82) is 0 Å². The fraction of sp³-hybridized carbons (Fsp3) is 0.118. The molecule has 0 aliphatic heterocycles. The van der Waals surface area contributed by atoms with Gasteiger partial charge in [-0.25, -0.2) is 0 Å². The Hall–Kier alpha value is -4.66. The molecule has 0 aliphatic carbocycles. The van der Waals surface area contributed by atoms with Crippen molar-refractivity contribution in [2.45, 2.75) is 13.8 Å². The number of hydrogen-bond donors (Lipinski definition) is 0. The van der Waals surface area contributed by atoms with Crippen LogP contribution in [0.1, 0.15) is 13.8 Å². The molecule has 5 rings (SSSR count). The van der Waals surface area contributed by atoms with Gasteiger partial charge < -0.3 is 9.80 Å². The largest absolute Gasteiger partial charge is 0.330 e. The molecule has 0 spiro atoms. The summed E-state index contributed by atoms with van der Waals surface area (Å²) >= 11 is 0. The van der Waals surface area contributed by atoms with E-state index in [0.29, 0.717) is 13.1 Å². The minimum absolute atomic E-state index is 0.614. The lowest BCUT2D eigenvalue weighted by atomic mass is 10.1. The summed E-state index contributed by atoms with van der Waals surface area (Å²) in [5.74, 6) is 12.7. The molecule has 36 heavy (non-hydrogen) atoms. The summed E-state index contributed by atoms with van der Waals surface area (Å²) < 4.78 is 0. The lowest BCUT2D eigenvalue weighted by Crippen LogP contribution is -2.20. The first-order valence-corrected chi connectivity index (χ1v) is 12.2. The summed E-state index contributed by atoms with van der Waals surface area (Å²) in [6.45, 7) is 5.01. The highest BCUT2D eigenvalue weighted by Crippen LogP contribution is 2.34. The molecule has 0 radical (unpaired) electrons. The van der Waals surface area contributed by atoms with Crippen LogP contribution in [0.4, 0.5) is 22.7 Å². The second kappa shape index (κ2) is 10.7. The van der Waals surface area contributed by atoms with Crippen molar-refractivity contribution in [3.05, 3.63) is 109 Å². The first-order valence-electron chi connectivity index (χ1n) is 12.2. The molecule has 0 atom stereocenters. The second-order valence-electron chi connectivity index (χ2n) is 8.61. The van der Waals surface area contributed by atoms with Crippen molar-refractivity contribution in [1.82, 2.24) is 0 Å². The second-order valence-corrected chi connectivity index (χ2v) is 8.61. The van der Waals surface area contributed by atoms with Gasteiger partial charge in [0.05, 0.1) is 13.1 Å². The van der Waals surface area contributed by atoms with E-state index in [2.05, 4.69) is 143 Å². The third-order valence-electron chi connectivity index (χ3n) is 6.37. The molecule has 0 unspecified atom stereocenters. The van der Waals surface area contributed by atoms with Gasteiger partial charge in [0.25, 0.3) is 0 Å². The highest BCUT2D eigenvalue weighted by Gasteiger charge is 2.14. The first kappa shape index (κ1) is 23.1. The minimum atomic E-state index is 0.614. The molecule has 5 aromatic carbocycles. The van der Waals surface area contributed by atoms with E-state index >= 15 is 0 Å². The maximum atomic E-state index is 3.27. The van der Waals surface area contributed by atoms with Crippen molar-refractivity contribution >= 4 is 44.3 Å². The van der Waals surface area contributed by atoms with E-state index in [4.69, 9.17) is 0 Å². The molecule has 2 nitrogen and oxygen atoms in total. The number of rotatable bonds is 6. The number of hydrogen-bond acceptors (Lipinski definition) is 2. The lowest BCUT2D eigenvalue weighted by Gasteiger charge is -2.27. The van der Waals surface area contributed by atoms with Crippen LogP contribution in [0.5, 0.6) is 0 Å². The molecule has 0 fully saturated rings. The van der Waals surface area contributed by atoms with Crippen molar-refractivity contribution < 1.29 is 0 Å². The number of fused-ring (bicyclic) bond motifs is 2. The zero-order valence-corrected chi connectivity index (χ0v) is 20.7.